The fraction of sp³-hybridized carbons (Fsp3) is 0.200. The molecule has 2 rings (SSSR count). The maximum absolute atomic E-state index is 11.9. The number of pyridine rings is 1. The number of ether oxygens (including phenoxy) is 1. The molecule has 0 saturated carbocycles. The van der Waals surface area contributed by atoms with Crippen LogP contribution in [0.3, 0.4) is 0 Å². The largest absolute Gasteiger partial charge is 0.481 e. The van der Waals surface area contributed by atoms with E-state index in [4.69, 9.17) is 4.74 Å². The first kappa shape index (κ1) is 15.3. The van der Waals surface area contributed by atoms with Crippen LogP contribution in [-0.2, 0) is 6.54 Å². The van der Waals surface area contributed by atoms with Crippen LogP contribution in [-0.4, -0.2) is 18.1 Å². The number of rotatable bonds is 4. The Morgan fingerprint density at radius 1 is 1.38 bits per heavy atom. The molecule has 0 fully saturated rings. The number of carbonyl (C=O) groups is 1. The van der Waals surface area contributed by atoms with Gasteiger partial charge >= 0.3 is 6.03 Å². The number of anilines is 1. The first-order chi connectivity index (χ1) is 10.1. The Kier molecular flexibility index (Phi) is 5.16. The Balaban J connectivity index is 1.96. The van der Waals surface area contributed by atoms with Gasteiger partial charge in [0.15, 0.2) is 0 Å². The fourth-order valence-corrected chi connectivity index (χ4v) is 2.33. The molecule has 110 valence electrons. The number of aryl methyl sites for hydroxylation is 1. The Labute approximate surface area is 131 Å². The molecular weight excluding hydrogens is 334 g/mol. The van der Waals surface area contributed by atoms with Crippen LogP contribution in [0.25, 0.3) is 0 Å². The van der Waals surface area contributed by atoms with Crippen molar-refractivity contribution in [1.29, 1.82) is 0 Å². The van der Waals surface area contributed by atoms with Gasteiger partial charge in [0, 0.05) is 28.5 Å². The summed E-state index contributed by atoms with van der Waals surface area (Å²) in [5.74, 6) is 0.512. The van der Waals surface area contributed by atoms with Crippen molar-refractivity contribution in [3.05, 3.63) is 52.1 Å². The highest BCUT2D eigenvalue weighted by atomic mass is 79.9. The second kappa shape index (κ2) is 7.08. The summed E-state index contributed by atoms with van der Waals surface area (Å²) < 4.78 is 6.12. The molecule has 2 aromatic rings. The van der Waals surface area contributed by atoms with Crippen LogP contribution in [0.1, 0.15) is 11.1 Å². The second-order valence-electron chi connectivity index (χ2n) is 4.44. The molecule has 0 aliphatic carbocycles. The number of nitrogens with one attached hydrogen (secondary N) is 2. The van der Waals surface area contributed by atoms with Crippen LogP contribution < -0.4 is 15.4 Å². The molecule has 1 aromatic heterocycles. The Morgan fingerprint density at radius 3 is 2.90 bits per heavy atom. The van der Waals surface area contributed by atoms with Gasteiger partial charge in [0.1, 0.15) is 0 Å². The molecular formula is C15H16BrN3O2. The number of methoxy groups -OCH3 is 1. The van der Waals surface area contributed by atoms with Crippen LogP contribution in [0.15, 0.2) is 41.0 Å². The molecule has 0 saturated heterocycles. The molecule has 0 unspecified atom stereocenters. The number of aromatic nitrogens is 1. The first-order valence-electron chi connectivity index (χ1n) is 6.39. The maximum Gasteiger partial charge on any atom is 0.319 e. The van der Waals surface area contributed by atoms with E-state index in [1.807, 2.05) is 31.2 Å². The minimum Gasteiger partial charge on any atom is -0.481 e. The predicted octanol–water partition coefficient (Wildman–Crippen LogP) is 3.48. The van der Waals surface area contributed by atoms with E-state index in [1.54, 1.807) is 19.4 Å². The van der Waals surface area contributed by atoms with E-state index in [0.717, 1.165) is 21.3 Å². The molecule has 0 bridgehead atoms. The molecule has 1 heterocycles. The van der Waals surface area contributed by atoms with Gasteiger partial charge in [0.05, 0.1) is 7.11 Å². The number of hydrogen-bond donors (Lipinski definition) is 2. The van der Waals surface area contributed by atoms with Crippen LogP contribution in [0.2, 0.25) is 0 Å². The van der Waals surface area contributed by atoms with Crippen molar-refractivity contribution in [2.24, 2.45) is 0 Å². The lowest BCUT2D eigenvalue weighted by molar-refractivity contribution is 0.251. The van der Waals surface area contributed by atoms with Crippen molar-refractivity contribution in [3.63, 3.8) is 0 Å². The molecule has 21 heavy (non-hydrogen) atoms. The molecule has 5 nitrogen and oxygen atoms in total. The summed E-state index contributed by atoms with van der Waals surface area (Å²) in [5, 5.41) is 5.60. The number of amides is 2. The number of nitrogens with zero attached hydrogens (tertiary/aromatic N) is 1. The lowest BCUT2D eigenvalue weighted by atomic mass is 10.2. The standard InChI is InChI=1S/C15H16BrN3O2/c1-10-8-12(16)5-6-13(10)19-15(20)18-9-11-4-3-7-17-14(11)21-2/h3-8H,9H2,1-2H3,(H2,18,19,20). The van der Waals surface area contributed by atoms with Crippen LogP contribution in [0, 0.1) is 6.92 Å². The first-order valence-corrected chi connectivity index (χ1v) is 7.18. The van der Waals surface area contributed by atoms with Gasteiger partial charge < -0.3 is 15.4 Å². The molecule has 2 amide bonds. The SMILES string of the molecule is COc1ncccc1CNC(=O)Nc1ccc(Br)cc1C. The van der Waals surface area contributed by atoms with Crippen LogP contribution in [0.5, 0.6) is 5.88 Å². The molecule has 2 N–H and O–H groups in total. The van der Waals surface area contributed by atoms with E-state index in [1.165, 1.54) is 0 Å². The molecule has 0 aliphatic heterocycles. The van der Waals surface area contributed by atoms with E-state index >= 15 is 0 Å². The summed E-state index contributed by atoms with van der Waals surface area (Å²) in [6.07, 6.45) is 1.65. The monoisotopic (exact) mass is 349 g/mol. The topological polar surface area (TPSA) is 63.2 Å². The van der Waals surface area contributed by atoms with Gasteiger partial charge in [-0.1, -0.05) is 22.0 Å². The third-order valence-electron chi connectivity index (χ3n) is 2.92. The molecule has 0 radical (unpaired) electrons. The summed E-state index contributed by atoms with van der Waals surface area (Å²) in [6.45, 7) is 2.28. The van der Waals surface area contributed by atoms with Crippen molar-refractivity contribution in [2.45, 2.75) is 13.5 Å². The zero-order valence-corrected chi connectivity index (χ0v) is 13.4. The van der Waals surface area contributed by atoms with Crippen molar-refractivity contribution in [3.8, 4) is 5.88 Å². The summed E-state index contributed by atoms with van der Waals surface area (Å²) in [5.41, 5.74) is 2.58. The summed E-state index contributed by atoms with van der Waals surface area (Å²) >= 11 is 3.39. The third-order valence-corrected chi connectivity index (χ3v) is 3.41. The lowest BCUT2D eigenvalue weighted by Crippen LogP contribution is -2.28. The maximum atomic E-state index is 11.9. The summed E-state index contributed by atoms with van der Waals surface area (Å²) in [6, 6.07) is 9.06. The van der Waals surface area contributed by atoms with Gasteiger partial charge in [-0.05, 0) is 36.8 Å². The zero-order valence-electron chi connectivity index (χ0n) is 11.8. The number of halogens is 1. The van der Waals surface area contributed by atoms with E-state index in [2.05, 4.69) is 31.5 Å². The molecule has 0 aliphatic rings. The van der Waals surface area contributed by atoms with Crippen LogP contribution in [0.4, 0.5) is 10.5 Å². The quantitative estimate of drug-likeness (QED) is 0.887. The number of benzene rings is 1. The summed E-state index contributed by atoms with van der Waals surface area (Å²) in [7, 11) is 1.55. The third kappa shape index (κ3) is 4.19. The molecule has 0 spiro atoms. The van der Waals surface area contributed by atoms with E-state index < -0.39 is 0 Å². The van der Waals surface area contributed by atoms with Crippen molar-refractivity contribution >= 4 is 27.6 Å². The summed E-state index contributed by atoms with van der Waals surface area (Å²) in [4.78, 5) is 16.0. The highest BCUT2D eigenvalue weighted by molar-refractivity contribution is 9.10. The van der Waals surface area contributed by atoms with Gasteiger partial charge in [-0.15, -0.1) is 0 Å². The molecule has 6 heteroatoms. The smallest absolute Gasteiger partial charge is 0.319 e. The van der Waals surface area contributed by atoms with Crippen molar-refractivity contribution < 1.29 is 9.53 Å². The average Bonchev–Trinajstić information content (AvgIpc) is 2.48. The molecule has 0 atom stereocenters. The number of urea groups is 1. The van der Waals surface area contributed by atoms with Crippen molar-refractivity contribution in [1.82, 2.24) is 10.3 Å². The Bertz CT molecular complexity index is 647. The van der Waals surface area contributed by atoms with Gasteiger partial charge in [-0.25, -0.2) is 9.78 Å². The molecule has 1 aromatic carbocycles. The van der Waals surface area contributed by atoms with Gasteiger partial charge in [-0.2, -0.15) is 0 Å². The van der Waals surface area contributed by atoms with Crippen molar-refractivity contribution in [2.75, 3.05) is 12.4 Å². The fourth-order valence-electron chi connectivity index (χ4n) is 1.85. The minimum absolute atomic E-state index is 0.272. The van der Waals surface area contributed by atoms with E-state index in [-0.39, 0.29) is 6.03 Å². The van der Waals surface area contributed by atoms with Gasteiger partial charge in [0.2, 0.25) is 5.88 Å². The Hall–Kier alpha value is -2.08. The normalized spacial score (nSPS) is 10.0. The number of hydrogen-bond acceptors (Lipinski definition) is 3. The zero-order chi connectivity index (χ0) is 15.2. The predicted molar refractivity (Wildman–Crippen MR) is 85.5 cm³/mol. The Morgan fingerprint density at radius 2 is 2.19 bits per heavy atom. The second-order valence-corrected chi connectivity index (χ2v) is 5.35. The highest BCUT2D eigenvalue weighted by Gasteiger charge is 2.07. The van der Waals surface area contributed by atoms with Gasteiger partial charge in [-0.3, -0.25) is 0 Å². The highest BCUT2D eigenvalue weighted by Crippen LogP contribution is 2.20. The average molecular weight is 350 g/mol. The van der Waals surface area contributed by atoms with E-state index in [0.29, 0.717) is 12.4 Å². The van der Waals surface area contributed by atoms with E-state index in [9.17, 15) is 4.79 Å². The van der Waals surface area contributed by atoms with Gasteiger partial charge in [0.25, 0.3) is 0 Å². The van der Waals surface area contributed by atoms with Crippen LogP contribution >= 0.6 is 15.9 Å². The lowest BCUT2D eigenvalue weighted by Gasteiger charge is -2.11. The minimum atomic E-state index is -0.272. The number of carbonyl (C=O) groups excluding carboxylic acids is 1.